The summed E-state index contributed by atoms with van der Waals surface area (Å²) in [4.78, 5) is 22.4. The van der Waals surface area contributed by atoms with Crippen LogP contribution in [0.25, 0.3) is 11.1 Å². The zero-order valence-electron chi connectivity index (χ0n) is 9.01. The van der Waals surface area contributed by atoms with Crippen LogP contribution in [0.4, 0.5) is 5.69 Å². The van der Waals surface area contributed by atoms with Crippen molar-refractivity contribution in [2.45, 2.75) is 0 Å². The van der Waals surface area contributed by atoms with E-state index in [0.717, 1.165) is 5.56 Å². The number of benzene rings is 2. The van der Waals surface area contributed by atoms with Crippen LogP contribution >= 0.6 is 11.6 Å². The Labute approximate surface area is 107 Å². The maximum absolute atomic E-state index is 12.1. The molecular weight excluding hydrogens is 254 g/mol. The van der Waals surface area contributed by atoms with Gasteiger partial charge in [0.05, 0.1) is 4.92 Å². The van der Waals surface area contributed by atoms with Crippen molar-refractivity contribution in [2.24, 2.45) is 0 Å². The summed E-state index contributed by atoms with van der Waals surface area (Å²) in [5.74, 6) is -0.141. The molecule has 0 aromatic heterocycles. The standard InChI is InChI=1S/C13H6ClNO3/c14-11-5-10-9(6-12(11)15(17)18)7-3-1-2-4-8(7)13(10)16/h1-6H. The van der Waals surface area contributed by atoms with E-state index in [1.807, 2.05) is 0 Å². The molecule has 0 spiro atoms. The number of nitro benzene ring substituents is 1. The summed E-state index contributed by atoms with van der Waals surface area (Å²) >= 11 is 5.82. The number of nitrogens with zero attached hydrogens (tertiary/aromatic N) is 1. The van der Waals surface area contributed by atoms with Crippen molar-refractivity contribution in [3.05, 3.63) is 62.7 Å². The van der Waals surface area contributed by atoms with Gasteiger partial charge in [-0.2, -0.15) is 0 Å². The Bertz CT molecular complexity index is 709. The largest absolute Gasteiger partial charge is 0.289 e. The minimum absolute atomic E-state index is 0.0140. The average molecular weight is 260 g/mol. The molecule has 2 aromatic rings. The predicted octanol–water partition coefficient (Wildman–Crippen LogP) is 3.46. The zero-order valence-corrected chi connectivity index (χ0v) is 9.77. The van der Waals surface area contributed by atoms with E-state index >= 15 is 0 Å². The smallest absolute Gasteiger partial charge is 0.288 e. The number of hydrogen-bond acceptors (Lipinski definition) is 3. The molecule has 0 bridgehead atoms. The van der Waals surface area contributed by atoms with Gasteiger partial charge in [0.15, 0.2) is 5.78 Å². The molecular formula is C13H6ClNO3. The third-order valence-electron chi connectivity index (χ3n) is 2.99. The van der Waals surface area contributed by atoms with Gasteiger partial charge in [-0.15, -0.1) is 0 Å². The molecule has 88 valence electrons. The molecule has 0 heterocycles. The second-order valence-corrected chi connectivity index (χ2v) is 4.39. The van der Waals surface area contributed by atoms with Gasteiger partial charge in [-0.3, -0.25) is 14.9 Å². The van der Waals surface area contributed by atoms with Crippen LogP contribution in [0.1, 0.15) is 15.9 Å². The predicted molar refractivity (Wildman–Crippen MR) is 67.0 cm³/mol. The second kappa shape index (κ2) is 3.65. The highest BCUT2D eigenvalue weighted by Gasteiger charge is 2.29. The van der Waals surface area contributed by atoms with Gasteiger partial charge in [0.25, 0.3) is 5.69 Å². The molecule has 0 unspecified atom stereocenters. The first kappa shape index (κ1) is 10.9. The first-order valence-electron chi connectivity index (χ1n) is 5.21. The molecule has 1 aliphatic carbocycles. The lowest BCUT2D eigenvalue weighted by molar-refractivity contribution is -0.384. The molecule has 0 radical (unpaired) electrons. The summed E-state index contributed by atoms with van der Waals surface area (Å²) in [6.07, 6.45) is 0. The molecule has 0 N–H and O–H groups in total. The molecule has 0 aliphatic heterocycles. The lowest BCUT2D eigenvalue weighted by Crippen LogP contribution is -1.96. The molecule has 18 heavy (non-hydrogen) atoms. The van der Waals surface area contributed by atoms with Crippen LogP contribution in [0, 0.1) is 10.1 Å². The van der Waals surface area contributed by atoms with Crippen molar-refractivity contribution in [3.63, 3.8) is 0 Å². The van der Waals surface area contributed by atoms with E-state index in [4.69, 9.17) is 11.6 Å². The summed E-state index contributed by atoms with van der Waals surface area (Å²) in [6.45, 7) is 0. The van der Waals surface area contributed by atoms with Gasteiger partial charge in [0.1, 0.15) is 5.02 Å². The molecule has 0 atom stereocenters. The molecule has 0 saturated heterocycles. The molecule has 0 fully saturated rings. The number of ketones is 1. The van der Waals surface area contributed by atoms with Gasteiger partial charge in [-0.1, -0.05) is 35.9 Å². The van der Waals surface area contributed by atoms with Gasteiger partial charge >= 0.3 is 0 Å². The number of fused-ring (bicyclic) bond motifs is 3. The monoisotopic (exact) mass is 259 g/mol. The van der Waals surface area contributed by atoms with Crippen LogP contribution in [-0.4, -0.2) is 10.7 Å². The topological polar surface area (TPSA) is 60.2 Å². The van der Waals surface area contributed by atoms with Crippen molar-refractivity contribution in [1.29, 1.82) is 0 Å². The van der Waals surface area contributed by atoms with E-state index < -0.39 is 4.92 Å². The third kappa shape index (κ3) is 1.36. The van der Waals surface area contributed by atoms with E-state index in [0.29, 0.717) is 16.7 Å². The highest BCUT2D eigenvalue weighted by Crippen LogP contribution is 2.41. The number of carbonyl (C=O) groups is 1. The van der Waals surface area contributed by atoms with E-state index in [9.17, 15) is 14.9 Å². The minimum Gasteiger partial charge on any atom is -0.289 e. The Morgan fingerprint density at radius 3 is 2.33 bits per heavy atom. The molecule has 5 heteroatoms. The fourth-order valence-corrected chi connectivity index (χ4v) is 2.41. The van der Waals surface area contributed by atoms with Crippen molar-refractivity contribution in [3.8, 4) is 11.1 Å². The van der Waals surface area contributed by atoms with Gasteiger partial charge in [0, 0.05) is 22.8 Å². The molecule has 2 aromatic carbocycles. The fourth-order valence-electron chi connectivity index (χ4n) is 2.17. The van der Waals surface area contributed by atoms with Gasteiger partial charge in [-0.25, -0.2) is 0 Å². The second-order valence-electron chi connectivity index (χ2n) is 3.98. The summed E-state index contributed by atoms with van der Waals surface area (Å²) < 4.78 is 0. The van der Waals surface area contributed by atoms with Crippen LogP contribution in [0.15, 0.2) is 36.4 Å². The first-order chi connectivity index (χ1) is 8.59. The zero-order chi connectivity index (χ0) is 12.9. The van der Waals surface area contributed by atoms with Gasteiger partial charge < -0.3 is 0 Å². The highest BCUT2D eigenvalue weighted by atomic mass is 35.5. The lowest BCUT2D eigenvalue weighted by Gasteiger charge is -2.01. The number of hydrogen-bond donors (Lipinski definition) is 0. The fraction of sp³-hybridized carbons (Fsp3) is 0. The summed E-state index contributed by atoms with van der Waals surface area (Å²) in [5.41, 5.74) is 2.10. The Hall–Kier alpha value is -2.20. The van der Waals surface area contributed by atoms with Crippen LogP contribution in [-0.2, 0) is 0 Å². The number of carbonyl (C=O) groups excluding carboxylic acids is 1. The van der Waals surface area contributed by atoms with Crippen LogP contribution < -0.4 is 0 Å². The third-order valence-corrected chi connectivity index (χ3v) is 3.29. The van der Waals surface area contributed by atoms with E-state index in [1.54, 1.807) is 24.3 Å². The maximum atomic E-state index is 12.1. The summed E-state index contributed by atoms with van der Waals surface area (Å²) in [7, 11) is 0. The molecule has 3 rings (SSSR count). The molecule has 0 amide bonds. The SMILES string of the molecule is O=C1c2ccccc2-c2cc([N+](=O)[O-])c(Cl)cc21. The Morgan fingerprint density at radius 1 is 1.00 bits per heavy atom. The van der Waals surface area contributed by atoms with E-state index in [1.165, 1.54) is 12.1 Å². The molecule has 1 aliphatic rings. The average Bonchev–Trinajstić information content (AvgIpc) is 2.62. The Kier molecular flexibility index (Phi) is 2.21. The highest BCUT2D eigenvalue weighted by molar-refractivity contribution is 6.34. The summed E-state index contributed by atoms with van der Waals surface area (Å²) in [5, 5.41) is 10.8. The lowest BCUT2D eigenvalue weighted by atomic mass is 10.1. The number of halogens is 1. The normalized spacial score (nSPS) is 12.2. The van der Waals surface area contributed by atoms with Gasteiger partial charge in [-0.05, 0) is 11.6 Å². The number of nitro groups is 1. The first-order valence-corrected chi connectivity index (χ1v) is 5.59. The van der Waals surface area contributed by atoms with Crippen molar-refractivity contribution >= 4 is 23.1 Å². The van der Waals surface area contributed by atoms with Crippen LogP contribution in [0.2, 0.25) is 5.02 Å². The van der Waals surface area contributed by atoms with Crippen LogP contribution in [0.3, 0.4) is 0 Å². The quantitative estimate of drug-likeness (QED) is 0.497. The van der Waals surface area contributed by atoms with E-state index in [-0.39, 0.29) is 16.5 Å². The van der Waals surface area contributed by atoms with E-state index in [2.05, 4.69) is 0 Å². The van der Waals surface area contributed by atoms with Gasteiger partial charge in [0.2, 0.25) is 0 Å². The minimum atomic E-state index is -0.548. The van der Waals surface area contributed by atoms with Crippen molar-refractivity contribution < 1.29 is 9.72 Å². The Balaban J connectivity index is 2.34. The maximum Gasteiger partial charge on any atom is 0.288 e. The molecule has 0 saturated carbocycles. The summed E-state index contributed by atoms with van der Waals surface area (Å²) in [6, 6.07) is 9.77. The van der Waals surface area contributed by atoms with Crippen molar-refractivity contribution in [2.75, 3.05) is 0 Å². The van der Waals surface area contributed by atoms with Crippen molar-refractivity contribution in [1.82, 2.24) is 0 Å². The Morgan fingerprint density at radius 2 is 1.67 bits per heavy atom. The van der Waals surface area contributed by atoms with Crippen LogP contribution in [0.5, 0.6) is 0 Å². The number of rotatable bonds is 1. The molecule has 4 nitrogen and oxygen atoms in total.